The fourth-order valence-corrected chi connectivity index (χ4v) is 4.21. The lowest BCUT2D eigenvalue weighted by Gasteiger charge is -2.25. The normalized spacial score (nSPS) is 15.5. The Labute approximate surface area is 182 Å². The molecule has 0 aliphatic carbocycles. The molecule has 1 unspecified atom stereocenters. The van der Waals surface area contributed by atoms with Crippen molar-refractivity contribution in [2.24, 2.45) is 0 Å². The summed E-state index contributed by atoms with van der Waals surface area (Å²) in [7, 11) is 0. The van der Waals surface area contributed by atoms with E-state index in [0.717, 1.165) is 11.1 Å². The molecule has 2 heterocycles. The minimum atomic E-state index is -0.691. The second kappa shape index (κ2) is 7.36. The molecule has 0 radical (unpaired) electrons. The number of carbonyl (C=O) groups excluding carboxylic acids is 1. The molecule has 154 valence electrons. The van der Waals surface area contributed by atoms with E-state index in [2.05, 4.69) is 0 Å². The van der Waals surface area contributed by atoms with Gasteiger partial charge in [0.05, 0.1) is 17.0 Å². The fourth-order valence-electron chi connectivity index (χ4n) is 4.04. The van der Waals surface area contributed by atoms with E-state index in [4.69, 9.17) is 16.0 Å². The Morgan fingerprint density at radius 3 is 2.42 bits per heavy atom. The van der Waals surface area contributed by atoms with Crippen molar-refractivity contribution in [2.45, 2.75) is 19.5 Å². The summed E-state index contributed by atoms with van der Waals surface area (Å²) in [5.41, 5.74) is 2.89. The third-order valence-electron chi connectivity index (χ3n) is 5.59. The molecule has 1 amide bonds. The molecule has 0 saturated carbocycles. The molecule has 6 heteroatoms. The highest BCUT2D eigenvalue weighted by atomic mass is 35.5. The van der Waals surface area contributed by atoms with E-state index in [1.165, 1.54) is 18.2 Å². The van der Waals surface area contributed by atoms with Crippen LogP contribution in [0.15, 0.2) is 75.9 Å². The minimum Gasteiger partial charge on any atom is -0.450 e. The molecule has 3 aromatic carbocycles. The first kappa shape index (κ1) is 19.5. The Morgan fingerprint density at radius 1 is 1.00 bits per heavy atom. The number of halogens is 2. The van der Waals surface area contributed by atoms with Crippen molar-refractivity contribution in [2.75, 3.05) is 0 Å². The average Bonchev–Trinajstić information content (AvgIpc) is 3.03. The maximum atomic E-state index is 13.6. The van der Waals surface area contributed by atoms with E-state index >= 15 is 0 Å². The maximum Gasteiger partial charge on any atom is 0.291 e. The van der Waals surface area contributed by atoms with Crippen molar-refractivity contribution in [3.8, 4) is 0 Å². The zero-order chi connectivity index (χ0) is 21.7. The van der Waals surface area contributed by atoms with E-state index in [9.17, 15) is 14.0 Å². The smallest absolute Gasteiger partial charge is 0.291 e. The highest BCUT2D eigenvalue weighted by Crippen LogP contribution is 2.39. The fraction of sp³-hybridized carbons (Fsp3) is 0.120. The number of hydrogen-bond donors (Lipinski definition) is 0. The van der Waals surface area contributed by atoms with Gasteiger partial charge in [0.15, 0.2) is 5.43 Å². The summed E-state index contributed by atoms with van der Waals surface area (Å²) in [5, 5.41) is 0.710. The molecule has 1 aliphatic heterocycles. The summed E-state index contributed by atoms with van der Waals surface area (Å²) < 4.78 is 19.5. The first-order valence-electron chi connectivity index (χ1n) is 9.80. The van der Waals surface area contributed by atoms with Crippen LogP contribution in [0.3, 0.4) is 0 Å². The Hall–Kier alpha value is -3.44. The minimum absolute atomic E-state index is 0.0151. The van der Waals surface area contributed by atoms with Crippen LogP contribution in [-0.4, -0.2) is 10.8 Å². The van der Waals surface area contributed by atoms with Crippen molar-refractivity contribution in [3.05, 3.63) is 116 Å². The molecule has 0 spiro atoms. The van der Waals surface area contributed by atoms with Gasteiger partial charge in [-0.15, -0.1) is 0 Å². The number of amides is 1. The quantitative estimate of drug-likeness (QED) is 0.420. The van der Waals surface area contributed by atoms with Gasteiger partial charge in [0.1, 0.15) is 11.4 Å². The summed E-state index contributed by atoms with van der Waals surface area (Å²) in [5.74, 6) is -0.754. The molecule has 4 aromatic rings. The Bertz CT molecular complexity index is 1380. The third kappa shape index (κ3) is 3.31. The maximum absolute atomic E-state index is 13.6. The van der Waals surface area contributed by atoms with E-state index in [1.807, 2.05) is 31.2 Å². The van der Waals surface area contributed by atoms with E-state index in [1.54, 1.807) is 29.2 Å². The molecule has 1 aromatic heterocycles. The van der Waals surface area contributed by atoms with Crippen molar-refractivity contribution < 1.29 is 13.6 Å². The van der Waals surface area contributed by atoms with Crippen LogP contribution in [0.5, 0.6) is 0 Å². The number of hydrogen-bond acceptors (Lipinski definition) is 3. The number of fused-ring (bicyclic) bond motifs is 2. The Morgan fingerprint density at radius 2 is 1.71 bits per heavy atom. The van der Waals surface area contributed by atoms with Gasteiger partial charge >= 0.3 is 0 Å². The van der Waals surface area contributed by atoms with Gasteiger partial charge in [-0.2, -0.15) is 0 Å². The van der Waals surface area contributed by atoms with Crippen LogP contribution in [0, 0.1) is 12.7 Å². The monoisotopic (exact) mass is 433 g/mol. The van der Waals surface area contributed by atoms with Gasteiger partial charge in [0.2, 0.25) is 5.76 Å². The lowest BCUT2D eigenvalue weighted by atomic mass is 9.98. The molecule has 31 heavy (non-hydrogen) atoms. The topological polar surface area (TPSA) is 50.5 Å². The first-order valence-corrected chi connectivity index (χ1v) is 10.2. The molecular formula is C25H17ClFNO3. The van der Waals surface area contributed by atoms with Crippen molar-refractivity contribution in [3.63, 3.8) is 0 Å². The predicted octanol–water partition coefficient (Wildman–Crippen LogP) is 5.64. The molecule has 5 rings (SSSR count). The Kier molecular flexibility index (Phi) is 4.63. The third-order valence-corrected chi connectivity index (χ3v) is 5.82. The molecule has 0 bridgehead atoms. The van der Waals surface area contributed by atoms with Gasteiger partial charge in [-0.25, -0.2) is 4.39 Å². The van der Waals surface area contributed by atoms with Crippen LogP contribution in [0.25, 0.3) is 11.0 Å². The highest BCUT2D eigenvalue weighted by Gasteiger charge is 2.42. The molecule has 4 nitrogen and oxygen atoms in total. The molecule has 1 atom stereocenters. The van der Waals surface area contributed by atoms with Crippen LogP contribution in [0.2, 0.25) is 5.02 Å². The van der Waals surface area contributed by atoms with Gasteiger partial charge in [0.25, 0.3) is 5.91 Å². The Balaban J connectivity index is 1.72. The van der Waals surface area contributed by atoms with E-state index in [0.29, 0.717) is 21.6 Å². The van der Waals surface area contributed by atoms with Crippen molar-refractivity contribution in [1.29, 1.82) is 0 Å². The van der Waals surface area contributed by atoms with Crippen LogP contribution in [-0.2, 0) is 6.54 Å². The van der Waals surface area contributed by atoms with E-state index in [-0.39, 0.29) is 29.2 Å². The second-order valence-electron chi connectivity index (χ2n) is 7.69. The van der Waals surface area contributed by atoms with Crippen LogP contribution < -0.4 is 5.43 Å². The SMILES string of the molecule is Cc1ccc(CN2C(=O)c3oc4ccc(Cl)cc4c(=O)c3C2c2ccc(F)cc2)cc1. The molecular weight excluding hydrogens is 417 g/mol. The molecule has 0 fully saturated rings. The van der Waals surface area contributed by atoms with Gasteiger partial charge < -0.3 is 9.32 Å². The van der Waals surface area contributed by atoms with E-state index < -0.39 is 11.9 Å². The number of rotatable bonds is 3. The van der Waals surface area contributed by atoms with Crippen LogP contribution >= 0.6 is 11.6 Å². The van der Waals surface area contributed by atoms with Gasteiger partial charge in [-0.3, -0.25) is 9.59 Å². The number of carbonyl (C=O) groups is 1. The lowest BCUT2D eigenvalue weighted by molar-refractivity contribution is 0.0714. The molecule has 0 N–H and O–H groups in total. The summed E-state index contributed by atoms with van der Waals surface area (Å²) in [6.07, 6.45) is 0. The molecule has 1 aliphatic rings. The summed E-state index contributed by atoms with van der Waals surface area (Å²) >= 11 is 6.09. The average molecular weight is 434 g/mol. The highest BCUT2D eigenvalue weighted by molar-refractivity contribution is 6.31. The summed E-state index contributed by atoms with van der Waals surface area (Å²) in [6, 6.07) is 17.7. The first-order chi connectivity index (χ1) is 14.9. The summed E-state index contributed by atoms with van der Waals surface area (Å²) in [4.78, 5) is 28.4. The van der Waals surface area contributed by atoms with Crippen molar-refractivity contribution >= 4 is 28.5 Å². The lowest BCUT2D eigenvalue weighted by Crippen LogP contribution is -2.29. The van der Waals surface area contributed by atoms with Gasteiger partial charge in [-0.05, 0) is 48.4 Å². The summed E-state index contributed by atoms with van der Waals surface area (Å²) in [6.45, 7) is 2.27. The number of aryl methyl sites for hydroxylation is 1. The standard InChI is InChI=1S/C25H17ClFNO3/c1-14-2-4-15(5-3-14)13-28-22(16-6-9-18(27)10-7-16)21-23(29)19-12-17(26)8-11-20(19)31-24(21)25(28)30/h2-12,22H,13H2,1H3. The predicted molar refractivity (Wildman–Crippen MR) is 117 cm³/mol. The zero-order valence-corrected chi connectivity index (χ0v) is 17.3. The molecule has 0 saturated heterocycles. The van der Waals surface area contributed by atoms with Gasteiger partial charge in [0, 0.05) is 11.6 Å². The zero-order valence-electron chi connectivity index (χ0n) is 16.6. The number of benzene rings is 3. The second-order valence-corrected chi connectivity index (χ2v) is 8.12. The van der Waals surface area contributed by atoms with Crippen LogP contribution in [0.4, 0.5) is 4.39 Å². The van der Waals surface area contributed by atoms with Gasteiger partial charge in [-0.1, -0.05) is 53.6 Å². The van der Waals surface area contributed by atoms with Crippen molar-refractivity contribution in [1.82, 2.24) is 4.90 Å². The van der Waals surface area contributed by atoms with Crippen LogP contribution in [0.1, 0.15) is 38.9 Å². The number of nitrogens with zero attached hydrogens (tertiary/aromatic N) is 1. The largest absolute Gasteiger partial charge is 0.450 e.